The Morgan fingerprint density at radius 3 is 2.85 bits per heavy atom. The van der Waals surface area contributed by atoms with Gasteiger partial charge in [0.2, 0.25) is 0 Å². The van der Waals surface area contributed by atoms with Gasteiger partial charge in [0, 0.05) is 12.6 Å². The van der Waals surface area contributed by atoms with Gasteiger partial charge in [-0.25, -0.2) is 4.79 Å². The molecule has 0 bridgehead atoms. The second kappa shape index (κ2) is 4.43. The van der Waals surface area contributed by atoms with Crippen molar-refractivity contribution in [2.75, 3.05) is 20.2 Å². The fourth-order valence-electron chi connectivity index (χ4n) is 1.60. The van der Waals surface area contributed by atoms with Crippen LogP contribution in [-0.4, -0.2) is 38.4 Å². The third-order valence-corrected chi connectivity index (χ3v) is 2.39. The van der Waals surface area contributed by atoms with Gasteiger partial charge in [-0.3, -0.25) is 0 Å². The van der Waals surface area contributed by atoms with Gasteiger partial charge in [0.05, 0.1) is 13.2 Å². The molecule has 0 aromatic carbocycles. The molecule has 0 aromatic heterocycles. The summed E-state index contributed by atoms with van der Waals surface area (Å²) in [5.74, 6) is 0.336. The van der Waals surface area contributed by atoms with Crippen molar-refractivity contribution in [2.45, 2.75) is 19.0 Å². The number of alkyl carbamates (subject to hydrolysis) is 1. The lowest BCUT2D eigenvalue weighted by molar-refractivity contribution is 0.154. The summed E-state index contributed by atoms with van der Waals surface area (Å²) in [7, 11) is 1.35. The average molecular weight is 187 g/mol. The minimum absolute atomic E-state index is 0.00806. The molecule has 76 valence electrons. The Balaban J connectivity index is 2.48. The van der Waals surface area contributed by atoms with E-state index < -0.39 is 6.09 Å². The number of hydrogen-bond acceptors (Lipinski definition) is 4. The molecule has 5 nitrogen and oxygen atoms in total. The van der Waals surface area contributed by atoms with Crippen LogP contribution in [0.15, 0.2) is 0 Å². The molecular weight excluding hydrogens is 170 g/mol. The fraction of sp³-hybridized carbons (Fsp3) is 0.875. The van der Waals surface area contributed by atoms with Gasteiger partial charge in [0.1, 0.15) is 0 Å². The number of hydrogen-bond donors (Lipinski definition) is 3. The van der Waals surface area contributed by atoms with E-state index in [4.69, 9.17) is 5.73 Å². The van der Waals surface area contributed by atoms with Gasteiger partial charge >= 0.3 is 6.09 Å². The number of nitrogens with one attached hydrogen (secondary N) is 2. The summed E-state index contributed by atoms with van der Waals surface area (Å²) in [6.07, 6.45) is -0.408. The number of piperidine rings is 1. The summed E-state index contributed by atoms with van der Waals surface area (Å²) in [4.78, 5) is 11.0. The Bertz CT molecular complexity index is 176. The predicted molar refractivity (Wildman–Crippen MR) is 49.3 cm³/mol. The minimum Gasteiger partial charge on any atom is -0.453 e. The Hall–Kier alpha value is -0.810. The van der Waals surface area contributed by atoms with Crippen molar-refractivity contribution in [3.05, 3.63) is 0 Å². The Morgan fingerprint density at radius 1 is 1.62 bits per heavy atom. The van der Waals surface area contributed by atoms with Crippen LogP contribution < -0.4 is 16.4 Å². The van der Waals surface area contributed by atoms with E-state index in [1.165, 1.54) is 7.11 Å². The maximum Gasteiger partial charge on any atom is 0.407 e. The molecule has 0 spiro atoms. The first-order valence-corrected chi connectivity index (χ1v) is 4.46. The van der Waals surface area contributed by atoms with Gasteiger partial charge in [0.25, 0.3) is 0 Å². The second-order valence-electron chi connectivity index (χ2n) is 3.46. The molecule has 0 saturated carbocycles. The average Bonchev–Trinajstić information content (AvgIpc) is 2.11. The molecule has 13 heavy (non-hydrogen) atoms. The number of methoxy groups -OCH3 is 1. The summed E-state index contributed by atoms with van der Waals surface area (Å²) in [6.45, 7) is 3.66. The molecule has 3 atom stereocenters. The van der Waals surface area contributed by atoms with Gasteiger partial charge in [-0.2, -0.15) is 0 Å². The van der Waals surface area contributed by atoms with E-state index in [1.807, 2.05) is 6.92 Å². The van der Waals surface area contributed by atoms with E-state index in [1.54, 1.807) is 0 Å². The molecule has 1 heterocycles. The first-order chi connectivity index (χ1) is 6.15. The van der Waals surface area contributed by atoms with E-state index in [-0.39, 0.29) is 12.1 Å². The van der Waals surface area contributed by atoms with E-state index in [9.17, 15) is 4.79 Å². The summed E-state index contributed by atoms with van der Waals surface area (Å²) >= 11 is 0. The second-order valence-corrected chi connectivity index (χ2v) is 3.46. The normalized spacial score (nSPS) is 33.9. The molecule has 4 N–H and O–H groups in total. The Labute approximate surface area is 78.0 Å². The number of carbonyl (C=O) groups excluding carboxylic acids is 1. The van der Waals surface area contributed by atoms with Gasteiger partial charge < -0.3 is 21.1 Å². The lowest BCUT2D eigenvalue weighted by atomic mass is 9.92. The highest BCUT2D eigenvalue weighted by molar-refractivity contribution is 5.67. The molecule has 1 aliphatic rings. The molecule has 1 amide bonds. The molecule has 1 rings (SSSR count). The summed E-state index contributed by atoms with van der Waals surface area (Å²) < 4.78 is 4.52. The largest absolute Gasteiger partial charge is 0.453 e. The molecule has 1 saturated heterocycles. The lowest BCUT2D eigenvalue weighted by Gasteiger charge is -2.34. The van der Waals surface area contributed by atoms with Gasteiger partial charge in [0.15, 0.2) is 0 Å². The van der Waals surface area contributed by atoms with Crippen LogP contribution in [0.3, 0.4) is 0 Å². The molecule has 5 heteroatoms. The smallest absolute Gasteiger partial charge is 0.407 e. The van der Waals surface area contributed by atoms with Crippen molar-refractivity contribution < 1.29 is 9.53 Å². The quantitative estimate of drug-likeness (QED) is 0.506. The highest BCUT2D eigenvalue weighted by Crippen LogP contribution is 2.09. The number of carbonyl (C=O) groups is 1. The first-order valence-electron chi connectivity index (χ1n) is 4.46. The molecule has 0 aromatic rings. The molecule has 0 radical (unpaired) electrons. The Morgan fingerprint density at radius 2 is 2.31 bits per heavy atom. The van der Waals surface area contributed by atoms with Crippen LogP contribution in [0.25, 0.3) is 0 Å². The van der Waals surface area contributed by atoms with E-state index in [0.29, 0.717) is 5.92 Å². The predicted octanol–water partition coefficient (Wildman–Crippen LogP) is -0.722. The van der Waals surface area contributed by atoms with Crippen LogP contribution in [-0.2, 0) is 4.74 Å². The van der Waals surface area contributed by atoms with Crippen molar-refractivity contribution >= 4 is 6.09 Å². The molecule has 1 aliphatic heterocycles. The monoisotopic (exact) mass is 187 g/mol. The summed E-state index contributed by atoms with van der Waals surface area (Å²) in [5, 5.41) is 5.93. The lowest BCUT2D eigenvalue weighted by Crippen LogP contribution is -2.60. The number of amides is 1. The van der Waals surface area contributed by atoms with Crippen LogP contribution in [0, 0.1) is 5.92 Å². The van der Waals surface area contributed by atoms with E-state index in [0.717, 1.165) is 13.1 Å². The van der Waals surface area contributed by atoms with Crippen LogP contribution in [0.2, 0.25) is 0 Å². The van der Waals surface area contributed by atoms with Gasteiger partial charge in [-0.15, -0.1) is 0 Å². The van der Waals surface area contributed by atoms with Crippen molar-refractivity contribution in [3.8, 4) is 0 Å². The minimum atomic E-state index is -0.408. The number of rotatable bonds is 1. The highest BCUT2D eigenvalue weighted by atomic mass is 16.5. The van der Waals surface area contributed by atoms with Crippen LogP contribution in [0.4, 0.5) is 4.79 Å². The third-order valence-electron chi connectivity index (χ3n) is 2.39. The standard InChI is InChI=1S/C8H17N3O2/c1-5-3-10-4-6(9)7(5)11-8(12)13-2/h5-7,10H,3-4,9H2,1-2H3,(H,11,12)/t5-,6+,7-/m0/s1. The van der Waals surface area contributed by atoms with E-state index in [2.05, 4.69) is 15.4 Å². The van der Waals surface area contributed by atoms with E-state index >= 15 is 0 Å². The van der Waals surface area contributed by atoms with Crippen LogP contribution >= 0.6 is 0 Å². The highest BCUT2D eigenvalue weighted by Gasteiger charge is 2.29. The van der Waals surface area contributed by atoms with Gasteiger partial charge in [-0.05, 0) is 12.5 Å². The van der Waals surface area contributed by atoms with Gasteiger partial charge in [-0.1, -0.05) is 6.92 Å². The van der Waals surface area contributed by atoms with Crippen molar-refractivity contribution in [3.63, 3.8) is 0 Å². The van der Waals surface area contributed by atoms with Crippen molar-refractivity contribution in [1.29, 1.82) is 0 Å². The summed E-state index contributed by atoms with van der Waals surface area (Å²) in [5.41, 5.74) is 5.84. The Kier molecular flexibility index (Phi) is 3.50. The topological polar surface area (TPSA) is 76.4 Å². The SMILES string of the molecule is COC(=O)N[C@@H]1[C@H](N)CNC[C@@H]1C. The summed E-state index contributed by atoms with van der Waals surface area (Å²) in [6, 6.07) is -0.0310. The maximum absolute atomic E-state index is 11.0. The fourth-order valence-corrected chi connectivity index (χ4v) is 1.60. The zero-order valence-electron chi connectivity index (χ0n) is 8.04. The molecule has 1 fully saturated rings. The van der Waals surface area contributed by atoms with Crippen molar-refractivity contribution in [2.24, 2.45) is 11.7 Å². The molecule has 0 unspecified atom stereocenters. The van der Waals surface area contributed by atoms with Crippen LogP contribution in [0.5, 0.6) is 0 Å². The van der Waals surface area contributed by atoms with Crippen molar-refractivity contribution in [1.82, 2.24) is 10.6 Å². The number of ether oxygens (including phenoxy) is 1. The zero-order chi connectivity index (χ0) is 9.84. The maximum atomic E-state index is 11.0. The third kappa shape index (κ3) is 2.57. The van der Waals surface area contributed by atoms with Crippen LogP contribution in [0.1, 0.15) is 6.92 Å². The zero-order valence-corrected chi connectivity index (χ0v) is 8.04. The molecular formula is C8H17N3O2. The molecule has 0 aliphatic carbocycles. The first kappa shape index (κ1) is 10.3. The number of nitrogens with two attached hydrogens (primary N) is 1.